The Kier molecular flexibility index (Phi) is 6.58. The van der Waals surface area contributed by atoms with E-state index in [2.05, 4.69) is 17.9 Å². The van der Waals surface area contributed by atoms with Gasteiger partial charge in [-0.3, -0.25) is 4.79 Å². The van der Waals surface area contributed by atoms with Gasteiger partial charge in [-0.1, -0.05) is 31.2 Å². The van der Waals surface area contributed by atoms with Crippen LogP contribution in [0.15, 0.2) is 48.5 Å². The van der Waals surface area contributed by atoms with Crippen molar-refractivity contribution in [1.82, 2.24) is 4.90 Å². The first-order valence-corrected chi connectivity index (χ1v) is 9.67. The standard InChI is InChI=1S/C22H28N2O3/c1-3-18-9-11-19(12-10-18)27-17-22(25)24-15-13-23(14-16-24)20-7-5-6-8-21(20)26-4-2/h5-12H,3-4,13-17H2,1-2H3. The minimum atomic E-state index is 0.0345. The lowest BCUT2D eigenvalue weighted by molar-refractivity contribution is -0.133. The van der Waals surface area contributed by atoms with Gasteiger partial charge in [-0.2, -0.15) is 0 Å². The molecular weight excluding hydrogens is 340 g/mol. The summed E-state index contributed by atoms with van der Waals surface area (Å²) in [5.74, 6) is 1.68. The third-order valence-electron chi connectivity index (χ3n) is 4.83. The van der Waals surface area contributed by atoms with E-state index in [0.29, 0.717) is 19.7 Å². The molecule has 27 heavy (non-hydrogen) atoms. The second kappa shape index (κ2) is 9.31. The highest BCUT2D eigenvalue weighted by Crippen LogP contribution is 2.28. The Labute approximate surface area is 161 Å². The van der Waals surface area contributed by atoms with Gasteiger partial charge in [0.25, 0.3) is 5.91 Å². The summed E-state index contributed by atoms with van der Waals surface area (Å²) in [5.41, 5.74) is 2.36. The summed E-state index contributed by atoms with van der Waals surface area (Å²) in [6.07, 6.45) is 0.996. The molecule has 1 heterocycles. The fourth-order valence-electron chi connectivity index (χ4n) is 3.25. The maximum Gasteiger partial charge on any atom is 0.260 e. The molecular formula is C22H28N2O3. The average molecular weight is 368 g/mol. The number of carbonyl (C=O) groups is 1. The maximum atomic E-state index is 12.5. The maximum absolute atomic E-state index is 12.5. The summed E-state index contributed by atoms with van der Waals surface area (Å²) in [6.45, 7) is 7.80. The largest absolute Gasteiger partial charge is 0.492 e. The number of benzene rings is 2. The number of carbonyl (C=O) groups excluding carboxylic acids is 1. The third kappa shape index (κ3) is 4.94. The van der Waals surface area contributed by atoms with Crippen molar-refractivity contribution in [3.8, 4) is 11.5 Å². The van der Waals surface area contributed by atoms with Crippen molar-refractivity contribution in [1.29, 1.82) is 0 Å². The molecule has 0 radical (unpaired) electrons. The molecule has 0 unspecified atom stereocenters. The number of hydrogen-bond donors (Lipinski definition) is 0. The van der Waals surface area contributed by atoms with Crippen molar-refractivity contribution in [2.45, 2.75) is 20.3 Å². The minimum Gasteiger partial charge on any atom is -0.492 e. The smallest absolute Gasteiger partial charge is 0.260 e. The van der Waals surface area contributed by atoms with Gasteiger partial charge in [-0.15, -0.1) is 0 Å². The second-order valence-corrected chi connectivity index (χ2v) is 6.55. The van der Waals surface area contributed by atoms with Crippen LogP contribution in [0.25, 0.3) is 0 Å². The lowest BCUT2D eigenvalue weighted by Crippen LogP contribution is -2.50. The van der Waals surface area contributed by atoms with E-state index in [9.17, 15) is 4.79 Å². The molecule has 2 aromatic rings. The summed E-state index contributed by atoms with van der Waals surface area (Å²) in [4.78, 5) is 16.6. The molecule has 0 spiro atoms. The summed E-state index contributed by atoms with van der Waals surface area (Å²) in [5, 5.41) is 0. The van der Waals surface area contributed by atoms with Gasteiger partial charge in [0.05, 0.1) is 12.3 Å². The van der Waals surface area contributed by atoms with Crippen LogP contribution >= 0.6 is 0 Å². The highest BCUT2D eigenvalue weighted by atomic mass is 16.5. The monoisotopic (exact) mass is 368 g/mol. The Hall–Kier alpha value is -2.69. The number of para-hydroxylation sites is 2. The molecule has 3 rings (SSSR count). The average Bonchev–Trinajstić information content (AvgIpc) is 2.73. The quantitative estimate of drug-likeness (QED) is 0.751. The summed E-state index contributed by atoms with van der Waals surface area (Å²) < 4.78 is 11.4. The normalized spacial score (nSPS) is 14.1. The molecule has 0 N–H and O–H groups in total. The van der Waals surface area contributed by atoms with Crippen LogP contribution in [0.2, 0.25) is 0 Å². The summed E-state index contributed by atoms with van der Waals surface area (Å²) in [6, 6.07) is 16.0. The lowest BCUT2D eigenvalue weighted by atomic mass is 10.2. The number of amides is 1. The Bertz CT molecular complexity index is 737. The molecule has 144 valence electrons. The molecule has 0 aromatic heterocycles. The summed E-state index contributed by atoms with van der Waals surface area (Å²) in [7, 11) is 0. The van der Waals surface area contributed by atoms with E-state index in [-0.39, 0.29) is 12.5 Å². The van der Waals surface area contributed by atoms with Gasteiger partial charge in [0, 0.05) is 26.2 Å². The molecule has 1 aliphatic heterocycles. The van der Waals surface area contributed by atoms with Crippen LogP contribution in [0.4, 0.5) is 5.69 Å². The van der Waals surface area contributed by atoms with E-state index in [1.54, 1.807) is 0 Å². The lowest BCUT2D eigenvalue weighted by Gasteiger charge is -2.36. The van der Waals surface area contributed by atoms with Crippen LogP contribution in [0, 0.1) is 0 Å². The molecule has 1 fully saturated rings. The van der Waals surface area contributed by atoms with Crippen LogP contribution in [0.3, 0.4) is 0 Å². The molecule has 1 aliphatic rings. The number of aryl methyl sites for hydroxylation is 1. The van der Waals surface area contributed by atoms with Crippen molar-refractivity contribution in [2.75, 3.05) is 44.3 Å². The Balaban J connectivity index is 1.50. The molecule has 0 bridgehead atoms. The number of piperazine rings is 1. The van der Waals surface area contributed by atoms with E-state index in [0.717, 1.165) is 36.7 Å². The first-order chi connectivity index (χ1) is 13.2. The van der Waals surface area contributed by atoms with Crippen molar-refractivity contribution in [2.24, 2.45) is 0 Å². The Morgan fingerprint density at radius 1 is 0.926 bits per heavy atom. The molecule has 5 nitrogen and oxygen atoms in total. The Morgan fingerprint density at radius 2 is 1.63 bits per heavy atom. The van der Waals surface area contributed by atoms with Gasteiger partial charge >= 0.3 is 0 Å². The molecule has 0 atom stereocenters. The minimum absolute atomic E-state index is 0.0345. The van der Waals surface area contributed by atoms with E-state index >= 15 is 0 Å². The highest BCUT2D eigenvalue weighted by molar-refractivity contribution is 5.78. The number of nitrogens with zero attached hydrogens (tertiary/aromatic N) is 2. The fourth-order valence-corrected chi connectivity index (χ4v) is 3.25. The van der Waals surface area contributed by atoms with Gasteiger partial charge in [-0.25, -0.2) is 0 Å². The zero-order valence-corrected chi connectivity index (χ0v) is 16.2. The first kappa shape index (κ1) is 19.1. The van der Waals surface area contributed by atoms with Crippen molar-refractivity contribution >= 4 is 11.6 Å². The zero-order chi connectivity index (χ0) is 19.1. The van der Waals surface area contributed by atoms with Crippen LogP contribution in [-0.2, 0) is 11.2 Å². The second-order valence-electron chi connectivity index (χ2n) is 6.55. The number of hydrogen-bond acceptors (Lipinski definition) is 4. The van der Waals surface area contributed by atoms with Crippen LogP contribution in [-0.4, -0.2) is 50.2 Å². The van der Waals surface area contributed by atoms with Gasteiger partial charge in [0.1, 0.15) is 11.5 Å². The predicted octanol–water partition coefficient (Wildman–Crippen LogP) is 3.38. The van der Waals surface area contributed by atoms with Gasteiger partial charge < -0.3 is 19.3 Å². The van der Waals surface area contributed by atoms with Crippen LogP contribution in [0.1, 0.15) is 19.4 Å². The third-order valence-corrected chi connectivity index (χ3v) is 4.83. The Morgan fingerprint density at radius 3 is 2.30 bits per heavy atom. The summed E-state index contributed by atoms with van der Waals surface area (Å²) >= 11 is 0. The van der Waals surface area contributed by atoms with Crippen LogP contribution in [0.5, 0.6) is 11.5 Å². The predicted molar refractivity (Wildman–Crippen MR) is 108 cm³/mol. The molecule has 5 heteroatoms. The zero-order valence-electron chi connectivity index (χ0n) is 16.2. The highest BCUT2D eigenvalue weighted by Gasteiger charge is 2.23. The van der Waals surface area contributed by atoms with Crippen molar-refractivity contribution < 1.29 is 14.3 Å². The molecule has 1 amide bonds. The van der Waals surface area contributed by atoms with Crippen LogP contribution < -0.4 is 14.4 Å². The molecule has 2 aromatic carbocycles. The first-order valence-electron chi connectivity index (χ1n) is 9.67. The van der Waals surface area contributed by atoms with Gasteiger partial charge in [-0.05, 0) is 43.2 Å². The topological polar surface area (TPSA) is 42.0 Å². The van der Waals surface area contributed by atoms with Gasteiger partial charge in [0.15, 0.2) is 6.61 Å². The molecule has 0 aliphatic carbocycles. The molecule has 1 saturated heterocycles. The number of ether oxygens (including phenoxy) is 2. The van der Waals surface area contributed by atoms with E-state index < -0.39 is 0 Å². The van der Waals surface area contributed by atoms with Crippen molar-refractivity contribution in [3.05, 3.63) is 54.1 Å². The number of anilines is 1. The van der Waals surface area contributed by atoms with Gasteiger partial charge in [0.2, 0.25) is 0 Å². The number of rotatable bonds is 7. The SMILES string of the molecule is CCOc1ccccc1N1CCN(C(=O)COc2ccc(CC)cc2)CC1. The van der Waals surface area contributed by atoms with E-state index in [4.69, 9.17) is 9.47 Å². The van der Waals surface area contributed by atoms with Crippen molar-refractivity contribution in [3.63, 3.8) is 0 Å². The van der Waals surface area contributed by atoms with E-state index in [1.165, 1.54) is 5.56 Å². The van der Waals surface area contributed by atoms with E-state index in [1.807, 2.05) is 54.3 Å². The molecule has 0 saturated carbocycles. The fraction of sp³-hybridized carbons (Fsp3) is 0.409.